The highest BCUT2D eigenvalue weighted by Crippen LogP contribution is 2.56. The van der Waals surface area contributed by atoms with Crippen molar-refractivity contribution in [2.45, 2.75) is 25.4 Å². The molecule has 1 aliphatic rings. The highest BCUT2D eigenvalue weighted by molar-refractivity contribution is 6.22. The van der Waals surface area contributed by atoms with E-state index < -0.39 is 17.2 Å². The molecule has 0 aromatic heterocycles. The van der Waals surface area contributed by atoms with Gasteiger partial charge in [0, 0.05) is 12.0 Å². The van der Waals surface area contributed by atoms with E-state index in [1.54, 1.807) is 31.2 Å². The molecule has 0 fully saturated rings. The molecule has 3 aromatic carbocycles. The van der Waals surface area contributed by atoms with Gasteiger partial charge in [0.2, 0.25) is 11.5 Å². The standard InChI is InChI=1S/C29H30O8/c1-6-36-28(31)29(19-12-14-20(15-13-19)37-17-18-10-8-7-9-11-18)16-21-22(27(29)30)24(33-3)26(35-5)25(34-4)23(21)32-2/h7-15H,6,16-17H2,1-5H3. The molecule has 0 N–H and O–H groups in total. The third kappa shape index (κ3) is 4.33. The van der Waals surface area contributed by atoms with E-state index in [1.807, 2.05) is 30.3 Å². The Hall–Kier alpha value is -4.20. The van der Waals surface area contributed by atoms with Crippen molar-refractivity contribution in [1.82, 2.24) is 0 Å². The molecule has 1 atom stereocenters. The minimum absolute atomic E-state index is 0.00407. The number of ether oxygens (including phenoxy) is 6. The normalized spacial score (nSPS) is 16.1. The molecular weight excluding hydrogens is 476 g/mol. The van der Waals surface area contributed by atoms with Crippen molar-refractivity contribution in [2.75, 3.05) is 35.0 Å². The molecule has 0 aliphatic heterocycles. The fourth-order valence-electron chi connectivity index (χ4n) is 4.80. The summed E-state index contributed by atoms with van der Waals surface area (Å²) in [4.78, 5) is 27.7. The Bertz CT molecular complexity index is 1280. The summed E-state index contributed by atoms with van der Waals surface area (Å²) in [6.45, 7) is 2.21. The molecule has 0 saturated heterocycles. The van der Waals surface area contributed by atoms with Gasteiger partial charge in [-0.05, 0) is 30.2 Å². The van der Waals surface area contributed by atoms with Crippen molar-refractivity contribution in [1.29, 1.82) is 0 Å². The van der Waals surface area contributed by atoms with E-state index in [4.69, 9.17) is 28.4 Å². The Kier molecular flexibility index (Phi) is 7.57. The zero-order valence-corrected chi connectivity index (χ0v) is 21.6. The van der Waals surface area contributed by atoms with Gasteiger partial charge >= 0.3 is 5.97 Å². The predicted octanol–water partition coefficient (Wildman–Crippen LogP) is 4.54. The molecule has 1 unspecified atom stereocenters. The number of carbonyl (C=O) groups is 2. The first kappa shape index (κ1) is 25.9. The van der Waals surface area contributed by atoms with Gasteiger partial charge in [-0.15, -0.1) is 0 Å². The molecule has 37 heavy (non-hydrogen) atoms. The molecule has 0 spiro atoms. The molecule has 0 radical (unpaired) electrons. The minimum atomic E-state index is -1.64. The van der Waals surface area contributed by atoms with Crippen LogP contribution in [0.2, 0.25) is 0 Å². The summed E-state index contributed by atoms with van der Waals surface area (Å²) >= 11 is 0. The van der Waals surface area contributed by atoms with Crippen LogP contribution in [0.4, 0.5) is 0 Å². The molecule has 0 saturated carbocycles. The van der Waals surface area contributed by atoms with Gasteiger partial charge in [-0.3, -0.25) is 9.59 Å². The third-order valence-corrected chi connectivity index (χ3v) is 6.51. The topological polar surface area (TPSA) is 89.5 Å². The molecule has 8 heteroatoms. The smallest absolute Gasteiger partial charge is 0.324 e. The quantitative estimate of drug-likeness (QED) is 0.293. The maximum atomic E-state index is 14.2. The van der Waals surface area contributed by atoms with Crippen LogP contribution < -0.4 is 23.7 Å². The van der Waals surface area contributed by atoms with E-state index in [0.29, 0.717) is 29.2 Å². The number of ketones is 1. The van der Waals surface area contributed by atoms with Crippen molar-refractivity contribution >= 4 is 11.8 Å². The van der Waals surface area contributed by atoms with Crippen molar-refractivity contribution in [2.24, 2.45) is 0 Å². The van der Waals surface area contributed by atoms with Crippen LogP contribution in [0.25, 0.3) is 0 Å². The van der Waals surface area contributed by atoms with E-state index in [1.165, 1.54) is 28.4 Å². The molecule has 1 aliphatic carbocycles. The number of fused-ring (bicyclic) bond motifs is 1. The lowest BCUT2D eigenvalue weighted by molar-refractivity contribution is -0.147. The van der Waals surface area contributed by atoms with Gasteiger partial charge in [0.25, 0.3) is 0 Å². The molecule has 0 amide bonds. The maximum Gasteiger partial charge on any atom is 0.324 e. The highest BCUT2D eigenvalue weighted by atomic mass is 16.5. The highest BCUT2D eigenvalue weighted by Gasteiger charge is 2.57. The number of esters is 1. The van der Waals surface area contributed by atoms with E-state index in [-0.39, 0.29) is 35.8 Å². The molecular formula is C29H30O8. The van der Waals surface area contributed by atoms with Gasteiger partial charge in [0.1, 0.15) is 12.4 Å². The first-order chi connectivity index (χ1) is 18.0. The van der Waals surface area contributed by atoms with Crippen LogP contribution in [-0.4, -0.2) is 46.8 Å². The second kappa shape index (κ2) is 10.8. The summed E-state index contributed by atoms with van der Waals surface area (Å²) in [7, 11) is 5.81. The predicted molar refractivity (Wildman–Crippen MR) is 136 cm³/mol. The fourth-order valence-corrected chi connectivity index (χ4v) is 4.80. The SMILES string of the molecule is CCOC(=O)C1(c2ccc(OCc3ccccc3)cc2)Cc2c(OC)c(OC)c(OC)c(OC)c2C1=O. The van der Waals surface area contributed by atoms with E-state index in [0.717, 1.165) is 5.56 Å². The Balaban J connectivity index is 1.80. The molecule has 0 heterocycles. The van der Waals surface area contributed by atoms with Crippen LogP contribution in [0.3, 0.4) is 0 Å². The molecule has 0 bridgehead atoms. The van der Waals surface area contributed by atoms with E-state index >= 15 is 0 Å². The number of carbonyl (C=O) groups excluding carboxylic acids is 2. The summed E-state index contributed by atoms with van der Waals surface area (Å²) < 4.78 is 33.7. The van der Waals surface area contributed by atoms with Gasteiger partial charge in [-0.25, -0.2) is 0 Å². The number of hydrogen-bond donors (Lipinski definition) is 0. The molecule has 4 rings (SSSR count). The molecule has 8 nitrogen and oxygen atoms in total. The maximum absolute atomic E-state index is 14.2. The average Bonchev–Trinajstić information content (AvgIpc) is 3.24. The van der Waals surface area contributed by atoms with Gasteiger partial charge in [0.05, 0.1) is 40.6 Å². The van der Waals surface area contributed by atoms with Gasteiger partial charge in [0.15, 0.2) is 22.7 Å². The average molecular weight is 507 g/mol. The Morgan fingerprint density at radius 1 is 0.811 bits per heavy atom. The van der Waals surface area contributed by atoms with Crippen LogP contribution in [0.15, 0.2) is 54.6 Å². The summed E-state index contributed by atoms with van der Waals surface area (Å²) in [6.07, 6.45) is 0.00407. The monoisotopic (exact) mass is 506 g/mol. The first-order valence-corrected chi connectivity index (χ1v) is 11.8. The molecule has 194 valence electrons. The van der Waals surface area contributed by atoms with Crippen LogP contribution in [0, 0.1) is 0 Å². The minimum Gasteiger partial charge on any atom is -0.492 e. The number of hydrogen-bond acceptors (Lipinski definition) is 8. The molecule has 3 aromatic rings. The number of Topliss-reactive ketones (excluding diaryl/α,β-unsaturated/α-hetero) is 1. The number of benzene rings is 3. The summed E-state index contributed by atoms with van der Waals surface area (Å²) in [5.41, 5.74) is 0.544. The second-order valence-electron chi connectivity index (χ2n) is 8.42. The van der Waals surface area contributed by atoms with E-state index in [9.17, 15) is 9.59 Å². The number of rotatable bonds is 10. The zero-order chi connectivity index (χ0) is 26.6. The lowest BCUT2D eigenvalue weighted by atomic mass is 9.76. The van der Waals surface area contributed by atoms with E-state index in [2.05, 4.69) is 0 Å². The summed E-state index contributed by atoms with van der Waals surface area (Å²) in [5, 5.41) is 0. The van der Waals surface area contributed by atoms with Crippen LogP contribution in [0.1, 0.15) is 34.0 Å². The fraction of sp³-hybridized carbons (Fsp3) is 0.310. The Morgan fingerprint density at radius 2 is 1.41 bits per heavy atom. The van der Waals surface area contributed by atoms with Crippen molar-refractivity contribution in [3.8, 4) is 28.7 Å². The summed E-state index contributed by atoms with van der Waals surface area (Å²) in [5.74, 6) is 0.446. The largest absolute Gasteiger partial charge is 0.492 e. The van der Waals surface area contributed by atoms with Gasteiger partial charge in [-0.1, -0.05) is 42.5 Å². The van der Waals surface area contributed by atoms with Gasteiger partial charge in [-0.2, -0.15) is 0 Å². The van der Waals surface area contributed by atoms with Crippen LogP contribution in [-0.2, 0) is 28.0 Å². The van der Waals surface area contributed by atoms with Crippen LogP contribution in [0.5, 0.6) is 28.7 Å². The van der Waals surface area contributed by atoms with Crippen molar-refractivity contribution in [3.05, 3.63) is 76.9 Å². The first-order valence-electron chi connectivity index (χ1n) is 11.8. The van der Waals surface area contributed by atoms with Crippen molar-refractivity contribution in [3.63, 3.8) is 0 Å². The lowest BCUT2D eigenvalue weighted by Gasteiger charge is -2.26. The lowest BCUT2D eigenvalue weighted by Crippen LogP contribution is -2.43. The zero-order valence-electron chi connectivity index (χ0n) is 21.6. The van der Waals surface area contributed by atoms with Crippen LogP contribution >= 0.6 is 0 Å². The Labute approximate surface area is 216 Å². The van der Waals surface area contributed by atoms with Crippen molar-refractivity contribution < 1.29 is 38.0 Å². The van der Waals surface area contributed by atoms with Gasteiger partial charge < -0.3 is 28.4 Å². The third-order valence-electron chi connectivity index (χ3n) is 6.51. The summed E-state index contributed by atoms with van der Waals surface area (Å²) in [6, 6.07) is 16.7. The number of methoxy groups -OCH3 is 4. The Morgan fingerprint density at radius 3 is 1.97 bits per heavy atom. The second-order valence-corrected chi connectivity index (χ2v) is 8.42.